The van der Waals surface area contributed by atoms with E-state index >= 15 is 0 Å². The summed E-state index contributed by atoms with van der Waals surface area (Å²) in [5.74, 6) is -2.19. The van der Waals surface area contributed by atoms with Crippen molar-refractivity contribution >= 4 is 39.0 Å². The summed E-state index contributed by atoms with van der Waals surface area (Å²) in [5, 5.41) is 2.76. The Hall–Kier alpha value is -3.20. The first-order valence-corrected chi connectivity index (χ1v) is 11.8. The van der Waals surface area contributed by atoms with Gasteiger partial charge in [-0.25, -0.2) is 8.42 Å². The Bertz CT molecular complexity index is 1160. The predicted molar refractivity (Wildman–Crippen MR) is 120 cm³/mol. The number of amides is 2. The van der Waals surface area contributed by atoms with E-state index in [4.69, 9.17) is 4.74 Å². The summed E-state index contributed by atoms with van der Waals surface area (Å²) < 4.78 is 30.1. The van der Waals surface area contributed by atoms with Gasteiger partial charge in [-0.15, -0.1) is 0 Å². The van der Waals surface area contributed by atoms with Crippen LogP contribution >= 0.6 is 0 Å². The van der Waals surface area contributed by atoms with E-state index in [9.17, 15) is 22.8 Å². The van der Waals surface area contributed by atoms with Crippen LogP contribution in [0.1, 0.15) is 32.8 Å². The summed E-state index contributed by atoms with van der Waals surface area (Å²) in [6.07, 6.45) is -1.60. The second-order valence-electron chi connectivity index (χ2n) is 8.22. The molecule has 0 saturated carbocycles. The van der Waals surface area contributed by atoms with Gasteiger partial charge >= 0.3 is 5.97 Å². The van der Waals surface area contributed by atoms with Crippen LogP contribution in [0.5, 0.6) is 0 Å². The van der Waals surface area contributed by atoms with Crippen molar-refractivity contribution in [2.45, 2.75) is 50.7 Å². The number of ether oxygens (including phenoxy) is 1. The lowest BCUT2D eigenvalue weighted by Gasteiger charge is -2.42. The van der Waals surface area contributed by atoms with Crippen molar-refractivity contribution in [3.63, 3.8) is 0 Å². The number of anilines is 2. The Morgan fingerprint density at radius 1 is 1.09 bits per heavy atom. The van der Waals surface area contributed by atoms with Crippen molar-refractivity contribution in [3.8, 4) is 0 Å². The molecule has 1 aliphatic heterocycles. The average molecular weight is 459 g/mol. The lowest BCUT2D eigenvalue weighted by Crippen LogP contribution is -2.60. The fourth-order valence-electron chi connectivity index (χ4n) is 3.42. The first-order valence-electron chi connectivity index (χ1n) is 10.2. The molecule has 0 fully saturated rings. The molecule has 32 heavy (non-hydrogen) atoms. The third kappa shape index (κ3) is 4.67. The van der Waals surface area contributed by atoms with Crippen molar-refractivity contribution in [2.75, 3.05) is 16.0 Å². The number of fused-ring (bicyclic) bond motifs is 1. The molecule has 1 heterocycles. The third-order valence-corrected chi connectivity index (χ3v) is 7.07. The number of hydrogen-bond acceptors (Lipinski definition) is 6. The number of nitrogens with one attached hydrogen (secondary N) is 1. The van der Waals surface area contributed by atoms with E-state index in [0.29, 0.717) is 11.4 Å². The molecule has 0 saturated heterocycles. The summed E-state index contributed by atoms with van der Waals surface area (Å²) in [6.45, 7) is 6.44. The highest BCUT2D eigenvalue weighted by atomic mass is 32.2. The minimum Gasteiger partial charge on any atom is -0.452 e. The molecule has 8 nitrogen and oxygen atoms in total. The second kappa shape index (κ2) is 8.74. The molecule has 170 valence electrons. The highest BCUT2D eigenvalue weighted by Gasteiger charge is 2.45. The van der Waals surface area contributed by atoms with Gasteiger partial charge in [0, 0.05) is 0 Å². The van der Waals surface area contributed by atoms with Gasteiger partial charge in [-0.1, -0.05) is 29.8 Å². The Labute approximate surface area is 187 Å². The molecule has 1 atom stereocenters. The van der Waals surface area contributed by atoms with Gasteiger partial charge in [0.15, 0.2) is 15.9 Å². The lowest BCUT2D eigenvalue weighted by molar-refractivity contribution is -0.154. The van der Waals surface area contributed by atoms with Gasteiger partial charge in [0.05, 0.1) is 28.4 Å². The van der Waals surface area contributed by atoms with Crippen LogP contribution in [0.2, 0.25) is 0 Å². The summed E-state index contributed by atoms with van der Waals surface area (Å²) >= 11 is 0. The zero-order chi connectivity index (χ0) is 23.7. The zero-order valence-electron chi connectivity index (χ0n) is 18.4. The molecule has 9 heteroatoms. The standard InChI is InChI=1S/C23H26N2O6S/c1-15-9-11-17(12-10-15)32(29,30)14-13-20(26)31-16(2)21(27)25-19-8-6-5-7-18(19)24-22(28)23(25,3)4/h5-12,16H,13-14H2,1-4H3,(H,24,28). The van der Waals surface area contributed by atoms with Crippen LogP contribution in [0.3, 0.4) is 0 Å². The fraction of sp³-hybridized carbons (Fsp3) is 0.348. The highest BCUT2D eigenvalue weighted by molar-refractivity contribution is 7.91. The van der Waals surface area contributed by atoms with Crippen LogP contribution in [-0.4, -0.2) is 43.6 Å². The fourth-order valence-corrected chi connectivity index (χ4v) is 4.64. The van der Waals surface area contributed by atoms with Gasteiger partial charge in [-0.05, 0) is 52.0 Å². The number of carbonyl (C=O) groups is 3. The van der Waals surface area contributed by atoms with E-state index in [0.717, 1.165) is 5.56 Å². The van der Waals surface area contributed by atoms with Crippen molar-refractivity contribution < 1.29 is 27.5 Å². The molecular weight excluding hydrogens is 432 g/mol. The summed E-state index contributed by atoms with van der Waals surface area (Å²) in [5.41, 5.74) is 0.687. The SMILES string of the molecule is Cc1ccc(S(=O)(=O)CCC(=O)OC(C)C(=O)N2c3ccccc3NC(=O)C2(C)C)cc1. The average Bonchev–Trinajstić information content (AvgIpc) is 2.73. The normalized spacial score (nSPS) is 16.0. The number of carbonyl (C=O) groups excluding carboxylic acids is 3. The van der Waals surface area contributed by atoms with Gasteiger partial charge in [0.1, 0.15) is 5.54 Å². The van der Waals surface area contributed by atoms with Crippen molar-refractivity contribution in [3.05, 3.63) is 54.1 Å². The predicted octanol–water partition coefficient (Wildman–Crippen LogP) is 2.85. The van der Waals surface area contributed by atoms with Crippen LogP contribution in [-0.2, 0) is 29.0 Å². The Morgan fingerprint density at radius 2 is 1.72 bits per heavy atom. The van der Waals surface area contributed by atoms with Crippen molar-refractivity contribution in [1.82, 2.24) is 0 Å². The maximum absolute atomic E-state index is 13.2. The molecule has 1 unspecified atom stereocenters. The van der Waals surface area contributed by atoms with E-state index in [1.54, 1.807) is 50.2 Å². The molecule has 0 aromatic heterocycles. The van der Waals surface area contributed by atoms with Crippen LogP contribution in [0.4, 0.5) is 11.4 Å². The van der Waals surface area contributed by atoms with E-state index in [1.807, 2.05) is 6.92 Å². The summed E-state index contributed by atoms with van der Waals surface area (Å²) in [4.78, 5) is 39.4. The Balaban J connectivity index is 1.69. The minimum absolute atomic E-state index is 0.123. The van der Waals surface area contributed by atoms with Crippen molar-refractivity contribution in [1.29, 1.82) is 0 Å². The lowest BCUT2D eigenvalue weighted by atomic mass is 9.95. The molecule has 0 spiro atoms. The van der Waals surface area contributed by atoms with Crippen LogP contribution in [0.15, 0.2) is 53.4 Å². The minimum atomic E-state index is -3.66. The molecule has 2 aromatic rings. The van der Waals surface area contributed by atoms with Gasteiger partial charge in [-0.2, -0.15) is 0 Å². The van der Waals surface area contributed by atoms with Gasteiger partial charge in [0.2, 0.25) is 5.91 Å². The van der Waals surface area contributed by atoms with Gasteiger partial charge in [0.25, 0.3) is 5.91 Å². The Kier molecular flexibility index (Phi) is 6.41. The molecule has 0 aliphatic carbocycles. The van der Waals surface area contributed by atoms with E-state index in [1.165, 1.54) is 24.0 Å². The van der Waals surface area contributed by atoms with Gasteiger partial charge in [-0.3, -0.25) is 19.3 Å². The topological polar surface area (TPSA) is 110 Å². The maximum Gasteiger partial charge on any atom is 0.307 e. The molecule has 1 N–H and O–H groups in total. The number of aryl methyl sites for hydroxylation is 1. The number of hydrogen-bond donors (Lipinski definition) is 1. The number of rotatable bonds is 6. The number of esters is 1. The monoisotopic (exact) mass is 458 g/mol. The number of sulfone groups is 1. The highest BCUT2D eigenvalue weighted by Crippen LogP contribution is 2.37. The number of para-hydroxylation sites is 2. The molecule has 2 amide bonds. The van der Waals surface area contributed by atoms with E-state index in [2.05, 4.69) is 5.32 Å². The summed E-state index contributed by atoms with van der Waals surface area (Å²) in [6, 6.07) is 13.2. The number of benzene rings is 2. The van der Waals surface area contributed by atoms with Crippen LogP contribution < -0.4 is 10.2 Å². The van der Waals surface area contributed by atoms with Gasteiger partial charge < -0.3 is 10.1 Å². The summed E-state index contributed by atoms with van der Waals surface area (Å²) in [7, 11) is -3.66. The molecule has 0 bridgehead atoms. The number of nitrogens with zero attached hydrogens (tertiary/aromatic N) is 1. The van der Waals surface area contributed by atoms with E-state index < -0.39 is 45.5 Å². The maximum atomic E-state index is 13.2. The molecular formula is C23H26N2O6S. The second-order valence-corrected chi connectivity index (χ2v) is 10.3. The molecule has 1 aliphatic rings. The molecule has 2 aromatic carbocycles. The molecule has 3 rings (SSSR count). The largest absolute Gasteiger partial charge is 0.452 e. The third-order valence-electron chi connectivity index (χ3n) is 5.34. The van der Waals surface area contributed by atoms with Crippen molar-refractivity contribution in [2.24, 2.45) is 0 Å². The van der Waals surface area contributed by atoms with Crippen LogP contribution in [0, 0.1) is 6.92 Å². The zero-order valence-corrected chi connectivity index (χ0v) is 19.2. The smallest absolute Gasteiger partial charge is 0.307 e. The molecule has 0 radical (unpaired) electrons. The first-order chi connectivity index (χ1) is 14.9. The van der Waals surface area contributed by atoms with Crippen LogP contribution in [0.25, 0.3) is 0 Å². The quantitative estimate of drug-likeness (QED) is 0.667. The Morgan fingerprint density at radius 3 is 2.38 bits per heavy atom. The first kappa shape index (κ1) is 23.5. The van der Waals surface area contributed by atoms with E-state index in [-0.39, 0.29) is 10.8 Å².